The Bertz CT molecular complexity index is 1530. The minimum Gasteiger partial charge on any atom is -0.489 e. The van der Waals surface area contributed by atoms with E-state index in [4.69, 9.17) is 30.6 Å². The van der Waals surface area contributed by atoms with Crippen LogP contribution in [0.15, 0.2) is 60.7 Å². The second kappa shape index (κ2) is 14.5. The first-order valence-electron chi connectivity index (χ1n) is 14.8. The zero-order valence-corrected chi connectivity index (χ0v) is 25.4. The molecule has 3 aliphatic rings. The van der Waals surface area contributed by atoms with E-state index in [1.165, 1.54) is 0 Å². The van der Waals surface area contributed by atoms with E-state index in [1.54, 1.807) is 12.1 Å². The highest BCUT2D eigenvalue weighted by Gasteiger charge is 2.36. The molecule has 2 heterocycles. The average Bonchev–Trinajstić information content (AvgIpc) is 3.63. The van der Waals surface area contributed by atoms with Crippen LogP contribution >= 0.6 is 11.6 Å². The number of rotatable bonds is 8. The molecule has 1 saturated heterocycles. The maximum Gasteiger partial charge on any atom is 0.341 e. The fourth-order valence-electron chi connectivity index (χ4n) is 6.11. The molecule has 11 heteroatoms. The van der Waals surface area contributed by atoms with E-state index >= 15 is 0 Å². The van der Waals surface area contributed by atoms with Crippen LogP contribution in [0, 0.1) is 0 Å². The van der Waals surface area contributed by atoms with Gasteiger partial charge in [-0.3, -0.25) is 4.79 Å². The van der Waals surface area contributed by atoms with Crippen molar-refractivity contribution in [1.29, 1.82) is 0 Å². The zero-order valence-electron chi connectivity index (χ0n) is 24.6. The number of amides is 1. The quantitative estimate of drug-likeness (QED) is 0.308. The van der Waals surface area contributed by atoms with Crippen molar-refractivity contribution in [2.75, 3.05) is 6.61 Å². The lowest BCUT2D eigenvalue weighted by molar-refractivity contribution is -0.198. The van der Waals surface area contributed by atoms with Crippen LogP contribution in [0.5, 0.6) is 5.75 Å². The van der Waals surface area contributed by atoms with Crippen LogP contribution in [0.4, 0.5) is 0 Å². The van der Waals surface area contributed by atoms with Gasteiger partial charge >= 0.3 is 5.97 Å². The minimum atomic E-state index is -0.982. The molecular formula is C34H36ClNO9. The number of aliphatic hydroxyl groups is 3. The number of carbonyl (C=O) groups excluding carboxylic acids is 3. The first-order chi connectivity index (χ1) is 21.8. The van der Waals surface area contributed by atoms with Gasteiger partial charge in [0.1, 0.15) is 19.1 Å². The summed E-state index contributed by atoms with van der Waals surface area (Å²) in [5, 5.41) is 29.5. The van der Waals surface area contributed by atoms with Gasteiger partial charge in [-0.05, 0) is 77.9 Å². The van der Waals surface area contributed by atoms with Crippen LogP contribution < -0.4 is 4.74 Å². The summed E-state index contributed by atoms with van der Waals surface area (Å²) in [4.78, 5) is 35.8. The molecule has 5 atom stereocenters. The Kier molecular flexibility index (Phi) is 10.5. The molecule has 3 aromatic rings. The van der Waals surface area contributed by atoms with Gasteiger partial charge in [-0.2, -0.15) is 0 Å². The molecule has 0 spiro atoms. The molecular weight excluding hydrogens is 602 g/mol. The Morgan fingerprint density at radius 3 is 2.53 bits per heavy atom. The van der Waals surface area contributed by atoms with Gasteiger partial charge in [0.25, 0.3) is 5.91 Å². The molecule has 0 radical (unpaired) electrons. The highest BCUT2D eigenvalue weighted by molar-refractivity contribution is 6.33. The minimum absolute atomic E-state index is 0.0118. The number of ether oxygens (including phenoxy) is 3. The van der Waals surface area contributed by atoms with Crippen molar-refractivity contribution in [1.82, 2.24) is 4.90 Å². The molecule has 1 amide bonds. The van der Waals surface area contributed by atoms with Crippen molar-refractivity contribution < 1.29 is 43.9 Å². The van der Waals surface area contributed by atoms with Gasteiger partial charge in [0.15, 0.2) is 0 Å². The predicted octanol–water partition coefficient (Wildman–Crippen LogP) is 4.29. The number of benzene rings is 3. The SMILES string of the molecule is C=O.O=C(OC1CC(O)CC(CO)O1)c1cc(-c2cccc(COc3ccc4c(c3)CN(C3CCC(O)C3)C4=O)c2)ccc1Cl. The molecule has 3 N–H and O–H groups in total. The number of hydrogen-bond acceptors (Lipinski definition) is 9. The normalized spacial score (nSPS) is 24.0. The molecule has 2 fully saturated rings. The number of esters is 1. The van der Waals surface area contributed by atoms with Crippen molar-refractivity contribution in [2.45, 2.75) is 75.9 Å². The topological polar surface area (TPSA) is 143 Å². The number of halogens is 1. The fourth-order valence-corrected chi connectivity index (χ4v) is 6.31. The van der Waals surface area contributed by atoms with Crippen LogP contribution in [0.2, 0.25) is 5.02 Å². The molecule has 0 bridgehead atoms. The van der Waals surface area contributed by atoms with Crippen LogP contribution in [-0.2, 0) is 27.4 Å². The van der Waals surface area contributed by atoms with E-state index in [9.17, 15) is 24.9 Å². The average molecular weight is 638 g/mol. The molecule has 45 heavy (non-hydrogen) atoms. The number of nitrogens with zero attached hydrogens (tertiary/aromatic N) is 1. The Labute approximate surface area is 266 Å². The molecule has 10 nitrogen and oxygen atoms in total. The van der Waals surface area contributed by atoms with E-state index < -0.39 is 24.5 Å². The van der Waals surface area contributed by atoms with Gasteiger partial charge in [-0.1, -0.05) is 35.9 Å². The number of carbonyl (C=O) groups is 3. The molecule has 3 aromatic carbocycles. The largest absolute Gasteiger partial charge is 0.489 e. The van der Waals surface area contributed by atoms with Crippen LogP contribution in [0.3, 0.4) is 0 Å². The van der Waals surface area contributed by atoms with Gasteiger partial charge in [0.05, 0.1) is 35.5 Å². The summed E-state index contributed by atoms with van der Waals surface area (Å²) < 4.78 is 17.1. The number of hydrogen-bond donors (Lipinski definition) is 3. The Balaban J connectivity index is 0.00000196. The lowest BCUT2D eigenvalue weighted by atomic mass is 10.0. The fraction of sp³-hybridized carbons (Fsp3) is 0.382. The highest BCUT2D eigenvalue weighted by Crippen LogP contribution is 2.34. The van der Waals surface area contributed by atoms with Crippen LogP contribution in [0.25, 0.3) is 11.1 Å². The van der Waals surface area contributed by atoms with Crippen LogP contribution in [0.1, 0.15) is 63.9 Å². The highest BCUT2D eigenvalue weighted by atomic mass is 35.5. The van der Waals surface area contributed by atoms with E-state index in [-0.39, 0.29) is 48.1 Å². The van der Waals surface area contributed by atoms with Crippen molar-refractivity contribution >= 4 is 30.3 Å². The monoisotopic (exact) mass is 637 g/mol. The zero-order chi connectivity index (χ0) is 32.1. The first-order valence-corrected chi connectivity index (χ1v) is 15.2. The third-order valence-corrected chi connectivity index (χ3v) is 8.69. The third-order valence-electron chi connectivity index (χ3n) is 8.36. The Morgan fingerprint density at radius 2 is 1.78 bits per heavy atom. The van der Waals surface area contributed by atoms with E-state index in [0.29, 0.717) is 30.9 Å². The lowest BCUT2D eigenvalue weighted by Crippen LogP contribution is -2.39. The van der Waals surface area contributed by atoms with E-state index in [0.717, 1.165) is 35.1 Å². The maximum atomic E-state index is 13.0. The summed E-state index contributed by atoms with van der Waals surface area (Å²) in [6.45, 7) is 2.54. The molecule has 1 aliphatic carbocycles. The van der Waals surface area contributed by atoms with E-state index in [1.807, 2.05) is 60.2 Å². The Hall–Kier alpha value is -3.80. The number of fused-ring (bicyclic) bond motifs is 1. The van der Waals surface area contributed by atoms with Crippen molar-refractivity contribution in [3.63, 3.8) is 0 Å². The molecule has 2 aliphatic heterocycles. The second-order valence-electron chi connectivity index (χ2n) is 11.5. The molecule has 0 aromatic heterocycles. The smallest absolute Gasteiger partial charge is 0.341 e. The van der Waals surface area contributed by atoms with Gasteiger partial charge in [0.2, 0.25) is 6.29 Å². The summed E-state index contributed by atoms with van der Waals surface area (Å²) in [5.41, 5.74) is 4.30. The summed E-state index contributed by atoms with van der Waals surface area (Å²) >= 11 is 6.34. The van der Waals surface area contributed by atoms with Gasteiger partial charge < -0.3 is 39.2 Å². The standard InChI is InChI=1S/C33H34ClNO8.CH2O/c34-30-9-4-21(12-29(30)33(40)43-31-15-25(38)14-27(17-36)42-31)20-3-1-2-19(10-20)18-41-26-7-8-28-22(11-26)16-35(32(28)39)23-5-6-24(37)13-23;1-2/h1-4,7-12,23-25,27,31,36-38H,5-6,13-18H2;1H2. The van der Waals surface area contributed by atoms with Crippen molar-refractivity contribution in [3.8, 4) is 16.9 Å². The summed E-state index contributed by atoms with van der Waals surface area (Å²) in [7, 11) is 0. The summed E-state index contributed by atoms with van der Waals surface area (Å²) in [6, 6.07) is 18.4. The maximum absolute atomic E-state index is 13.0. The summed E-state index contributed by atoms with van der Waals surface area (Å²) in [6.07, 6.45) is -0.0958. The molecule has 5 unspecified atom stereocenters. The van der Waals surface area contributed by atoms with Crippen molar-refractivity contribution in [2.24, 2.45) is 0 Å². The van der Waals surface area contributed by atoms with Crippen LogP contribution in [-0.4, -0.2) is 76.1 Å². The molecule has 1 saturated carbocycles. The van der Waals surface area contributed by atoms with Gasteiger partial charge in [0, 0.05) is 31.0 Å². The second-order valence-corrected chi connectivity index (χ2v) is 11.9. The first kappa shape index (κ1) is 32.6. The Morgan fingerprint density at radius 1 is 0.978 bits per heavy atom. The molecule has 238 valence electrons. The van der Waals surface area contributed by atoms with Gasteiger partial charge in [-0.15, -0.1) is 0 Å². The number of aliphatic hydroxyl groups excluding tert-OH is 3. The third kappa shape index (κ3) is 7.54. The van der Waals surface area contributed by atoms with E-state index in [2.05, 4.69) is 0 Å². The lowest BCUT2D eigenvalue weighted by Gasteiger charge is -2.31. The predicted molar refractivity (Wildman–Crippen MR) is 165 cm³/mol. The van der Waals surface area contributed by atoms with Gasteiger partial charge in [-0.25, -0.2) is 4.79 Å². The summed E-state index contributed by atoms with van der Waals surface area (Å²) in [5.74, 6) is -0.00190. The van der Waals surface area contributed by atoms with Crippen molar-refractivity contribution in [3.05, 3.63) is 87.9 Å². The molecule has 6 rings (SSSR count).